The van der Waals surface area contributed by atoms with E-state index < -0.39 is 12.3 Å². The first-order chi connectivity index (χ1) is 9.84. The monoisotopic (exact) mass is 375 g/mol. The minimum absolute atomic E-state index is 1.29. The normalized spacial score (nSPS) is 8.38. The number of hydrogen-bond donors (Lipinski definition) is 4. The zero-order chi connectivity index (χ0) is 16.3. The summed E-state index contributed by atoms with van der Waals surface area (Å²) >= 11 is 2.07. The van der Waals surface area contributed by atoms with E-state index in [1.165, 1.54) is 15.1 Å². The molecule has 0 saturated heterocycles. The summed E-state index contributed by atoms with van der Waals surface area (Å²) in [5, 5.41) is 27.9. The van der Waals surface area contributed by atoms with Crippen molar-refractivity contribution in [2.24, 2.45) is 0 Å². The molecule has 111 valence electrons. The van der Waals surface area contributed by atoms with Crippen LogP contribution in [0.4, 0.5) is 9.59 Å². The fraction of sp³-hybridized carbons (Fsp3) is 0. The third-order valence-corrected chi connectivity index (χ3v) is 2.85. The van der Waals surface area contributed by atoms with Crippen molar-refractivity contribution in [3.8, 4) is 11.1 Å². The van der Waals surface area contributed by atoms with Crippen LogP contribution in [-0.4, -0.2) is 32.7 Å². The van der Waals surface area contributed by atoms with Crippen molar-refractivity contribution in [3.05, 3.63) is 54.6 Å². The van der Waals surface area contributed by atoms with E-state index in [0.717, 1.165) is 0 Å². The van der Waals surface area contributed by atoms with Crippen LogP contribution < -0.4 is 3.95 Å². The van der Waals surface area contributed by atoms with Gasteiger partial charge < -0.3 is 20.4 Å². The Morgan fingerprint density at radius 3 is 1.52 bits per heavy atom. The minimum atomic E-state index is -1.83. The van der Waals surface area contributed by atoms with Gasteiger partial charge in [-0.05, 0) is 0 Å². The maximum atomic E-state index is 8.56. The van der Waals surface area contributed by atoms with E-state index in [1.54, 1.807) is 0 Å². The van der Waals surface area contributed by atoms with Crippen molar-refractivity contribution in [2.75, 3.05) is 0 Å². The molecule has 2 aromatic rings. The quantitative estimate of drug-likeness (QED) is 0.572. The molecule has 0 aliphatic heterocycles. The molecule has 0 bridgehead atoms. The summed E-state index contributed by atoms with van der Waals surface area (Å²) in [7, 11) is 0. The van der Waals surface area contributed by atoms with Gasteiger partial charge in [0.25, 0.3) is 0 Å². The summed E-state index contributed by atoms with van der Waals surface area (Å²) in [4.78, 5) is 17.1. The van der Waals surface area contributed by atoms with Gasteiger partial charge >= 0.3 is 102 Å². The molecule has 2 rings (SSSR count). The molecule has 0 heterocycles. The molecule has 0 atom stereocenters. The first-order valence-electron chi connectivity index (χ1n) is 5.49. The molecule has 0 aromatic heterocycles. The fourth-order valence-electron chi connectivity index (χ4n) is 1.32. The zero-order valence-electron chi connectivity index (χ0n) is 10.7. The number of rotatable bonds is 1. The molecule has 2 aromatic carbocycles. The van der Waals surface area contributed by atoms with Crippen molar-refractivity contribution in [2.45, 2.75) is 0 Å². The van der Waals surface area contributed by atoms with Crippen LogP contribution in [0.15, 0.2) is 54.6 Å². The average molecular weight is 373 g/mol. The molecular weight excluding hydrogens is 360 g/mol. The summed E-state index contributed by atoms with van der Waals surface area (Å²) in [5.41, 5.74) is 2.62. The van der Waals surface area contributed by atoms with Crippen LogP contribution in [0, 0.1) is 0 Å². The first-order valence-corrected chi connectivity index (χ1v) is 6.50. The summed E-state index contributed by atoms with van der Waals surface area (Å²) < 4.78 is 1.34. The second-order valence-corrected chi connectivity index (χ2v) is 4.51. The van der Waals surface area contributed by atoms with Gasteiger partial charge in [0, 0.05) is 0 Å². The summed E-state index contributed by atoms with van der Waals surface area (Å²) in [5.74, 6) is 0. The van der Waals surface area contributed by atoms with Crippen LogP contribution in [0.25, 0.3) is 11.1 Å². The van der Waals surface area contributed by atoms with E-state index >= 15 is 0 Å². The van der Waals surface area contributed by atoms with Crippen molar-refractivity contribution in [1.29, 1.82) is 0 Å². The van der Waals surface area contributed by atoms with Gasteiger partial charge in [-0.3, -0.25) is 0 Å². The van der Waals surface area contributed by atoms with Crippen molar-refractivity contribution in [3.63, 3.8) is 0 Å². The van der Waals surface area contributed by atoms with Gasteiger partial charge in [-0.1, -0.05) is 0 Å². The van der Waals surface area contributed by atoms with Gasteiger partial charge in [-0.25, -0.2) is 9.59 Å². The molecule has 0 amide bonds. The van der Waals surface area contributed by atoms with Gasteiger partial charge in [-0.15, -0.1) is 0 Å². The van der Waals surface area contributed by atoms with E-state index in [2.05, 4.69) is 68.3 Å². The van der Waals surface area contributed by atoms with Crippen LogP contribution in [0.3, 0.4) is 0 Å². The number of carboxylic acid groups (broad SMARTS) is 4. The number of benzene rings is 2. The molecule has 7 heteroatoms. The Morgan fingerprint density at radius 2 is 1.10 bits per heavy atom. The van der Waals surface area contributed by atoms with Crippen LogP contribution >= 0.6 is 0 Å². The molecule has 0 radical (unpaired) electrons. The predicted molar refractivity (Wildman–Crippen MR) is 72.8 cm³/mol. The molecule has 0 unspecified atom stereocenters. The Kier molecular flexibility index (Phi) is 9.29. The third-order valence-electron chi connectivity index (χ3n) is 1.97. The molecule has 0 aliphatic carbocycles. The van der Waals surface area contributed by atoms with E-state index in [1.807, 2.05) is 6.07 Å². The van der Waals surface area contributed by atoms with Gasteiger partial charge in [0.15, 0.2) is 0 Å². The van der Waals surface area contributed by atoms with Crippen molar-refractivity contribution < 1.29 is 49.8 Å². The Hall–Kier alpha value is -2.33. The Labute approximate surface area is 132 Å². The summed E-state index contributed by atoms with van der Waals surface area (Å²) in [6.45, 7) is 0. The average Bonchev–Trinajstić information content (AvgIpc) is 2.39. The van der Waals surface area contributed by atoms with Gasteiger partial charge in [0.05, 0.1) is 0 Å². The van der Waals surface area contributed by atoms with Crippen molar-refractivity contribution in [1.82, 2.24) is 0 Å². The maximum absolute atomic E-state index is 8.56. The molecule has 0 spiro atoms. The molecule has 6 nitrogen and oxygen atoms in total. The topological polar surface area (TPSA) is 115 Å². The van der Waals surface area contributed by atoms with Gasteiger partial charge in [0.1, 0.15) is 0 Å². The number of hydrogen-bond acceptors (Lipinski definition) is 2. The van der Waals surface area contributed by atoms with Crippen LogP contribution in [-0.2, 0) is 19.8 Å². The standard InChI is InChI=1S/C12H9.2CH2O3.Mo/c1-3-7-11(8-4-1)12-9-5-2-6-10-12;2*2-1(3)4;/h1-9H;2*(H2,2,3,4);. The van der Waals surface area contributed by atoms with Crippen LogP contribution in [0.2, 0.25) is 0 Å². The van der Waals surface area contributed by atoms with E-state index in [9.17, 15) is 0 Å². The van der Waals surface area contributed by atoms with Crippen LogP contribution in [0.5, 0.6) is 0 Å². The van der Waals surface area contributed by atoms with Gasteiger partial charge in [0.2, 0.25) is 0 Å². The van der Waals surface area contributed by atoms with E-state index in [0.29, 0.717) is 0 Å². The summed E-state index contributed by atoms with van der Waals surface area (Å²) in [6.07, 6.45) is -3.67. The van der Waals surface area contributed by atoms with Crippen molar-refractivity contribution >= 4 is 16.3 Å². The van der Waals surface area contributed by atoms with E-state index in [-0.39, 0.29) is 0 Å². The molecule has 21 heavy (non-hydrogen) atoms. The molecule has 0 aliphatic rings. The Morgan fingerprint density at radius 1 is 0.714 bits per heavy atom. The Bertz CT molecular complexity index is 551. The molecule has 0 fully saturated rings. The predicted octanol–water partition coefficient (Wildman–Crippen LogP) is 2.97. The van der Waals surface area contributed by atoms with Gasteiger partial charge in [-0.2, -0.15) is 0 Å². The molecule has 4 N–H and O–H groups in total. The first kappa shape index (κ1) is 18.7. The Balaban J connectivity index is 0.000000421. The molecule has 0 saturated carbocycles. The third kappa shape index (κ3) is 10.2. The second kappa shape index (κ2) is 10.5. The van der Waals surface area contributed by atoms with E-state index in [4.69, 9.17) is 30.0 Å². The fourth-order valence-corrected chi connectivity index (χ4v) is 1.97. The van der Waals surface area contributed by atoms with Crippen LogP contribution in [0.1, 0.15) is 0 Å². The summed E-state index contributed by atoms with van der Waals surface area (Å²) in [6, 6.07) is 18.9. The second-order valence-electron chi connectivity index (χ2n) is 3.43. The number of carbonyl (C=O) groups is 2. The SMILES string of the molecule is O=C(O)O.O=C(O)O.[Mo][c]1ccccc1-c1ccccc1. The zero-order valence-corrected chi connectivity index (χ0v) is 12.7. The molecular formula is C14H13MoO6.